The van der Waals surface area contributed by atoms with E-state index in [2.05, 4.69) is 17.1 Å². The molecule has 0 unspecified atom stereocenters. The van der Waals surface area contributed by atoms with E-state index < -0.39 is 22.4 Å². The van der Waals surface area contributed by atoms with Gasteiger partial charge in [-0.05, 0) is 30.2 Å². The summed E-state index contributed by atoms with van der Waals surface area (Å²) in [5.74, 6) is -0.0279. The van der Waals surface area contributed by atoms with Crippen LogP contribution >= 0.6 is 0 Å². The summed E-state index contributed by atoms with van der Waals surface area (Å²) in [6, 6.07) is 7.01. The van der Waals surface area contributed by atoms with Crippen LogP contribution < -0.4 is 5.43 Å². The number of nitrogens with zero attached hydrogens (tertiary/aromatic N) is 2. The summed E-state index contributed by atoms with van der Waals surface area (Å²) in [6.07, 6.45) is -1.43. The van der Waals surface area contributed by atoms with Crippen molar-refractivity contribution in [2.75, 3.05) is 5.43 Å². The van der Waals surface area contributed by atoms with Gasteiger partial charge in [0.05, 0.1) is 16.7 Å². The lowest BCUT2D eigenvalue weighted by atomic mass is 10.1. The van der Waals surface area contributed by atoms with Crippen molar-refractivity contribution in [1.82, 2.24) is 0 Å². The van der Waals surface area contributed by atoms with E-state index in [9.17, 15) is 28.4 Å². The number of nitrogens with one attached hydrogen (secondary N) is 1. The molecule has 26 heavy (non-hydrogen) atoms. The molecule has 0 bridgehead atoms. The molecular formula is C17H14F3N3O3. The molecule has 2 N–H and O–H groups in total. The zero-order valence-corrected chi connectivity index (χ0v) is 13.3. The maximum Gasteiger partial charge on any atom is 0.416 e. The van der Waals surface area contributed by atoms with Gasteiger partial charge in [-0.3, -0.25) is 15.5 Å². The summed E-state index contributed by atoms with van der Waals surface area (Å²) in [5.41, 5.74) is 1.18. The Kier molecular flexibility index (Phi) is 5.61. The average molecular weight is 365 g/mol. The van der Waals surface area contributed by atoms with Gasteiger partial charge in [0, 0.05) is 11.6 Å². The highest BCUT2D eigenvalue weighted by atomic mass is 19.4. The number of nitro benzene ring substituents is 1. The van der Waals surface area contributed by atoms with Crippen LogP contribution in [0.5, 0.6) is 5.75 Å². The summed E-state index contributed by atoms with van der Waals surface area (Å²) < 4.78 is 38.0. The molecule has 2 aromatic carbocycles. The van der Waals surface area contributed by atoms with E-state index in [4.69, 9.17) is 0 Å². The molecule has 6 nitrogen and oxygen atoms in total. The topological polar surface area (TPSA) is 87.8 Å². The Labute approximate surface area is 146 Å². The summed E-state index contributed by atoms with van der Waals surface area (Å²) in [4.78, 5) is 10.1. The monoisotopic (exact) mass is 365 g/mol. The molecule has 0 saturated carbocycles. The molecule has 0 aliphatic heterocycles. The van der Waals surface area contributed by atoms with Crippen LogP contribution in [0.1, 0.15) is 16.7 Å². The van der Waals surface area contributed by atoms with Crippen LogP contribution in [-0.2, 0) is 12.6 Å². The smallest absolute Gasteiger partial charge is 0.416 e. The number of rotatable bonds is 6. The average Bonchev–Trinajstić information content (AvgIpc) is 2.57. The number of hydrogen-bond donors (Lipinski definition) is 2. The number of alkyl halides is 3. The first-order chi connectivity index (χ1) is 12.2. The fraction of sp³-hybridized carbons (Fsp3) is 0.118. The highest BCUT2D eigenvalue weighted by Crippen LogP contribution is 2.35. The summed E-state index contributed by atoms with van der Waals surface area (Å²) in [7, 11) is 0. The molecule has 0 spiro atoms. The number of phenolic OH excluding ortho intramolecular Hbond substituents is 1. The van der Waals surface area contributed by atoms with Crippen LogP contribution in [0.3, 0.4) is 0 Å². The molecule has 2 rings (SSSR count). The van der Waals surface area contributed by atoms with Gasteiger partial charge in [0.1, 0.15) is 11.4 Å². The maximum absolute atomic E-state index is 12.7. The minimum absolute atomic E-state index is 0.0279. The SMILES string of the molecule is C=CCc1cccc(/C=N/Nc2ccc(C(F)(F)F)cc2[N+](=O)[O-])c1O. The van der Waals surface area contributed by atoms with Crippen LogP contribution in [0.25, 0.3) is 0 Å². The van der Waals surface area contributed by atoms with Crippen LogP contribution in [-0.4, -0.2) is 16.2 Å². The van der Waals surface area contributed by atoms with Crippen molar-refractivity contribution in [2.24, 2.45) is 5.10 Å². The van der Waals surface area contributed by atoms with Gasteiger partial charge < -0.3 is 5.11 Å². The highest BCUT2D eigenvalue weighted by Gasteiger charge is 2.33. The number of allylic oxidation sites excluding steroid dienone is 1. The second-order valence-electron chi connectivity index (χ2n) is 5.20. The molecule has 0 amide bonds. The third-order valence-corrected chi connectivity index (χ3v) is 3.43. The molecule has 136 valence electrons. The first-order valence-corrected chi connectivity index (χ1v) is 7.30. The van der Waals surface area contributed by atoms with Gasteiger partial charge in [0.25, 0.3) is 5.69 Å². The number of phenols is 1. The number of hydrogen-bond acceptors (Lipinski definition) is 5. The molecular weight excluding hydrogens is 351 g/mol. The van der Waals surface area contributed by atoms with Crippen LogP contribution in [0, 0.1) is 10.1 Å². The molecule has 0 atom stereocenters. The first kappa shape index (κ1) is 19.0. The van der Waals surface area contributed by atoms with Gasteiger partial charge >= 0.3 is 6.18 Å². The van der Waals surface area contributed by atoms with E-state index in [1.807, 2.05) is 0 Å². The lowest BCUT2D eigenvalue weighted by Crippen LogP contribution is -2.06. The van der Waals surface area contributed by atoms with Gasteiger partial charge in [0.15, 0.2) is 0 Å². The van der Waals surface area contributed by atoms with Crippen molar-refractivity contribution in [3.63, 3.8) is 0 Å². The highest BCUT2D eigenvalue weighted by molar-refractivity contribution is 5.84. The Hall–Kier alpha value is -3.36. The molecule has 0 radical (unpaired) electrons. The van der Waals surface area contributed by atoms with Crippen LogP contribution in [0.4, 0.5) is 24.5 Å². The van der Waals surface area contributed by atoms with Gasteiger partial charge in [-0.2, -0.15) is 18.3 Å². The van der Waals surface area contributed by atoms with Crippen LogP contribution in [0.15, 0.2) is 54.2 Å². The predicted octanol–water partition coefficient (Wildman–Crippen LogP) is 4.49. The van der Waals surface area contributed by atoms with Gasteiger partial charge in [-0.1, -0.05) is 18.2 Å². The van der Waals surface area contributed by atoms with E-state index in [1.165, 1.54) is 6.21 Å². The van der Waals surface area contributed by atoms with Crippen molar-refractivity contribution in [1.29, 1.82) is 0 Å². The number of nitro groups is 1. The Balaban J connectivity index is 2.27. The van der Waals surface area contributed by atoms with E-state index in [0.29, 0.717) is 29.7 Å². The lowest BCUT2D eigenvalue weighted by molar-refractivity contribution is -0.384. The second-order valence-corrected chi connectivity index (χ2v) is 5.20. The third-order valence-electron chi connectivity index (χ3n) is 3.43. The molecule has 0 aliphatic rings. The molecule has 0 aromatic heterocycles. The van der Waals surface area contributed by atoms with E-state index in [-0.39, 0.29) is 11.4 Å². The number of hydrazone groups is 1. The number of halogens is 3. The molecule has 2 aromatic rings. The first-order valence-electron chi connectivity index (χ1n) is 7.30. The van der Waals surface area contributed by atoms with E-state index in [1.54, 1.807) is 24.3 Å². The minimum Gasteiger partial charge on any atom is -0.507 e. The normalized spacial score (nSPS) is 11.5. The Morgan fingerprint density at radius 2 is 2.04 bits per heavy atom. The molecule has 0 heterocycles. The Bertz CT molecular complexity index is 864. The number of benzene rings is 2. The lowest BCUT2D eigenvalue weighted by Gasteiger charge is -2.08. The fourth-order valence-electron chi connectivity index (χ4n) is 2.16. The number of aromatic hydroxyl groups is 1. The number of para-hydroxylation sites is 1. The van der Waals surface area contributed by atoms with Crippen molar-refractivity contribution < 1.29 is 23.2 Å². The zero-order chi connectivity index (χ0) is 19.3. The fourth-order valence-corrected chi connectivity index (χ4v) is 2.16. The van der Waals surface area contributed by atoms with Gasteiger partial charge in [0.2, 0.25) is 0 Å². The molecule has 0 aliphatic carbocycles. The molecule has 9 heteroatoms. The Morgan fingerprint density at radius 1 is 1.31 bits per heavy atom. The van der Waals surface area contributed by atoms with Gasteiger partial charge in [-0.15, -0.1) is 6.58 Å². The quantitative estimate of drug-likeness (QED) is 0.342. The van der Waals surface area contributed by atoms with Gasteiger partial charge in [-0.25, -0.2) is 0 Å². The summed E-state index contributed by atoms with van der Waals surface area (Å²) in [6.45, 7) is 3.58. The Morgan fingerprint density at radius 3 is 2.65 bits per heavy atom. The van der Waals surface area contributed by atoms with Crippen molar-refractivity contribution in [3.8, 4) is 5.75 Å². The summed E-state index contributed by atoms with van der Waals surface area (Å²) >= 11 is 0. The van der Waals surface area contributed by atoms with E-state index in [0.717, 1.165) is 6.07 Å². The van der Waals surface area contributed by atoms with Crippen molar-refractivity contribution in [3.05, 3.63) is 75.9 Å². The standard InChI is InChI=1S/C17H14F3N3O3/c1-2-4-11-5-3-6-12(16(11)24)10-21-22-14-8-7-13(17(18,19)20)9-15(14)23(25)26/h2-3,5-10,22,24H,1,4H2/b21-10+. The zero-order valence-electron chi connectivity index (χ0n) is 13.3. The second kappa shape index (κ2) is 7.68. The third kappa shape index (κ3) is 4.38. The molecule has 0 saturated heterocycles. The minimum atomic E-state index is -4.69. The molecule has 0 fully saturated rings. The maximum atomic E-state index is 12.7. The summed E-state index contributed by atoms with van der Waals surface area (Å²) in [5, 5.41) is 24.8. The van der Waals surface area contributed by atoms with Crippen LogP contribution in [0.2, 0.25) is 0 Å². The van der Waals surface area contributed by atoms with Crippen molar-refractivity contribution in [2.45, 2.75) is 12.6 Å². The van der Waals surface area contributed by atoms with E-state index >= 15 is 0 Å². The van der Waals surface area contributed by atoms with Crippen molar-refractivity contribution >= 4 is 17.6 Å². The largest absolute Gasteiger partial charge is 0.507 e. The number of anilines is 1. The predicted molar refractivity (Wildman–Crippen MR) is 91.3 cm³/mol.